The number of carbonyl (C=O) groups excluding carboxylic acids is 1. The number of piperidine rings is 1. The van der Waals surface area contributed by atoms with Gasteiger partial charge >= 0.3 is 0 Å². The van der Waals surface area contributed by atoms with Crippen molar-refractivity contribution in [2.45, 2.75) is 26.7 Å². The maximum Gasteiger partial charge on any atom is 0.176 e. The van der Waals surface area contributed by atoms with E-state index in [1.165, 1.54) is 24.0 Å². The number of carbonyl (C=O) groups is 1. The van der Waals surface area contributed by atoms with E-state index in [0.717, 1.165) is 25.2 Å². The van der Waals surface area contributed by atoms with Crippen molar-refractivity contribution in [3.63, 3.8) is 0 Å². The van der Waals surface area contributed by atoms with Crippen molar-refractivity contribution in [3.8, 4) is 0 Å². The van der Waals surface area contributed by atoms with E-state index in [4.69, 9.17) is 0 Å². The second kappa shape index (κ2) is 7.00. The number of nitrogens with one attached hydrogen (secondary N) is 1. The van der Waals surface area contributed by atoms with Gasteiger partial charge in [0, 0.05) is 12.1 Å². The smallest absolute Gasteiger partial charge is 0.176 e. The molecule has 20 heavy (non-hydrogen) atoms. The number of ketones is 1. The molecule has 1 heterocycles. The molecule has 1 aliphatic rings. The third kappa shape index (κ3) is 3.90. The molecule has 3 nitrogen and oxygen atoms in total. The summed E-state index contributed by atoms with van der Waals surface area (Å²) in [7, 11) is 2.00. The number of likely N-dealkylation sites (tertiary alicyclic amines) is 1. The monoisotopic (exact) mass is 274 g/mol. The van der Waals surface area contributed by atoms with Crippen LogP contribution in [0.1, 0.15) is 34.3 Å². The molecule has 0 spiro atoms. The van der Waals surface area contributed by atoms with Crippen molar-refractivity contribution in [2.75, 3.05) is 33.2 Å². The van der Waals surface area contributed by atoms with E-state index in [-0.39, 0.29) is 5.78 Å². The Morgan fingerprint density at radius 1 is 1.35 bits per heavy atom. The van der Waals surface area contributed by atoms with Crippen LogP contribution in [0.4, 0.5) is 0 Å². The SMILES string of the molecule is CNCC1CCCN(CC(=O)c2ccc(C)c(C)c2)C1. The summed E-state index contributed by atoms with van der Waals surface area (Å²) in [5, 5.41) is 3.25. The Bertz CT molecular complexity index is 468. The summed E-state index contributed by atoms with van der Waals surface area (Å²) in [5.74, 6) is 0.930. The van der Waals surface area contributed by atoms with Crippen LogP contribution in [-0.4, -0.2) is 43.9 Å². The molecule has 0 bridgehead atoms. The van der Waals surface area contributed by atoms with Gasteiger partial charge in [0.2, 0.25) is 0 Å². The topological polar surface area (TPSA) is 32.3 Å². The van der Waals surface area contributed by atoms with Crippen LogP contribution in [-0.2, 0) is 0 Å². The molecular weight excluding hydrogens is 248 g/mol. The first-order valence-electron chi connectivity index (χ1n) is 7.57. The van der Waals surface area contributed by atoms with Crippen LogP contribution in [0.2, 0.25) is 0 Å². The molecule has 3 heteroatoms. The van der Waals surface area contributed by atoms with Crippen LogP contribution in [0.15, 0.2) is 18.2 Å². The van der Waals surface area contributed by atoms with Crippen LogP contribution >= 0.6 is 0 Å². The first-order valence-corrected chi connectivity index (χ1v) is 7.57. The molecule has 1 atom stereocenters. The molecule has 0 aliphatic carbocycles. The second-order valence-electron chi connectivity index (χ2n) is 6.02. The van der Waals surface area contributed by atoms with E-state index in [9.17, 15) is 4.79 Å². The molecular formula is C17H26N2O. The first-order chi connectivity index (χ1) is 9.60. The Morgan fingerprint density at radius 2 is 2.15 bits per heavy atom. The van der Waals surface area contributed by atoms with Crippen molar-refractivity contribution in [1.29, 1.82) is 0 Å². The zero-order valence-corrected chi connectivity index (χ0v) is 12.9. The van der Waals surface area contributed by atoms with Gasteiger partial charge in [-0.25, -0.2) is 0 Å². The van der Waals surface area contributed by atoms with E-state index in [0.29, 0.717) is 12.5 Å². The quantitative estimate of drug-likeness (QED) is 0.837. The van der Waals surface area contributed by atoms with Crippen molar-refractivity contribution in [3.05, 3.63) is 34.9 Å². The fourth-order valence-corrected chi connectivity index (χ4v) is 2.96. The summed E-state index contributed by atoms with van der Waals surface area (Å²) in [6.07, 6.45) is 2.47. The van der Waals surface area contributed by atoms with Gasteiger partial charge in [-0.1, -0.05) is 12.1 Å². The largest absolute Gasteiger partial charge is 0.319 e. The summed E-state index contributed by atoms with van der Waals surface area (Å²) < 4.78 is 0. The summed E-state index contributed by atoms with van der Waals surface area (Å²) in [5.41, 5.74) is 3.29. The Hall–Kier alpha value is -1.19. The van der Waals surface area contributed by atoms with E-state index in [1.807, 2.05) is 25.2 Å². The lowest BCUT2D eigenvalue weighted by Gasteiger charge is -2.32. The molecule has 1 fully saturated rings. The van der Waals surface area contributed by atoms with E-state index in [1.54, 1.807) is 0 Å². The lowest BCUT2D eigenvalue weighted by atomic mass is 9.97. The van der Waals surface area contributed by atoms with Crippen molar-refractivity contribution >= 4 is 5.78 Å². The van der Waals surface area contributed by atoms with Crippen LogP contribution in [0, 0.1) is 19.8 Å². The molecule has 0 saturated carbocycles. The molecule has 1 saturated heterocycles. The summed E-state index contributed by atoms with van der Waals surface area (Å²) in [6.45, 7) is 7.85. The highest BCUT2D eigenvalue weighted by Gasteiger charge is 2.21. The zero-order valence-electron chi connectivity index (χ0n) is 12.9. The highest BCUT2D eigenvalue weighted by atomic mass is 16.1. The predicted molar refractivity (Wildman–Crippen MR) is 83.3 cm³/mol. The summed E-state index contributed by atoms with van der Waals surface area (Å²) in [4.78, 5) is 14.7. The van der Waals surface area contributed by atoms with Crippen LogP contribution < -0.4 is 5.32 Å². The molecule has 1 aromatic carbocycles. The lowest BCUT2D eigenvalue weighted by molar-refractivity contribution is 0.0886. The maximum atomic E-state index is 12.4. The van der Waals surface area contributed by atoms with Gasteiger partial charge in [0.1, 0.15) is 0 Å². The standard InChI is InChI=1S/C17H26N2O/c1-13-6-7-16(9-14(13)2)17(20)12-19-8-4-5-15(11-19)10-18-3/h6-7,9,15,18H,4-5,8,10-12H2,1-3H3. The highest BCUT2D eigenvalue weighted by molar-refractivity contribution is 5.97. The Kier molecular flexibility index (Phi) is 5.32. The fraction of sp³-hybridized carbons (Fsp3) is 0.588. The molecule has 110 valence electrons. The normalized spacial score (nSPS) is 20.1. The number of rotatable bonds is 5. The van der Waals surface area contributed by atoms with Gasteiger partial charge in [-0.15, -0.1) is 0 Å². The minimum Gasteiger partial charge on any atom is -0.319 e. The van der Waals surface area contributed by atoms with Gasteiger partial charge in [0.25, 0.3) is 0 Å². The van der Waals surface area contributed by atoms with Gasteiger partial charge in [0.05, 0.1) is 6.54 Å². The molecule has 0 radical (unpaired) electrons. The number of aryl methyl sites for hydroxylation is 2. The highest BCUT2D eigenvalue weighted by Crippen LogP contribution is 2.17. The van der Waals surface area contributed by atoms with E-state index >= 15 is 0 Å². The fourth-order valence-electron chi connectivity index (χ4n) is 2.96. The Morgan fingerprint density at radius 3 is 2.85 bits per heavy atom. The molecule has 1 aliphatic heterocycles. The van der Waals surface area contributed by atoms with Gasteiger partial charge < -0.3 is 5.32 Å². The van der Waals surface area contributed by atoms with Crippen molar-refractivity contribution in [2.24, 2.45) is 5.92 Å². The number of nitrogens with zero attached hydrogens (tertiary/aromatic N) is 1. The maximum absolute atomic E-state index is 12.4. The third-order valence-corrected chi connectivity index (χ3v) is 4.29. The number of benzene rings is 1. The minimum absolute atomic E-state index is 0.248. The number of Topliss-reactive ketones (excluding diaryl/α,β-unsaturated/α-hetero) is 1. The summed E-state index contributed by atoms with van der Waals surface area (Å²) >= 11 is 0. The Labute approximate surface area is 122 Å². The molecule has 0 amide bonds. The minimum atomic E-state index is 0.248. The van der Waals surface area contributed by atoms with Gasteiger partial charge in [-0.2, -0.15) is 0 Å². The molecule has 1 N–H and O–H groups in total. The second-order valence-corrected chi connectivity index (χ2v) is 6.02. The van der Waals surface area contributed by atoms with Crippen LogP contribution in [0.3, 0.4) is 0 Å². The molecule has 1 aromatic rings. The van der Waals surface area contributed by atoms with Crippen LogP contribution in [0.25, 0.3) is 0 Å². The third-order valence-electron chi connectivity index (χ3n) is 4.29. The lowest BCUT2D eigenvalue weighted by Crippen LogP contribution is -2.41. The van der Waals surface area contributed by atoms with Crippen LogP contribution in [0.5, 0.6) is 0 Å². The van der Waals surface area contributed by atoms with Crippen molar-refractivity contribution in [1.82, 2.24) is 10.2 Å². The van der Waals surface area contributed by atoms with E-state index in [2.05, 4.69) is 24.1 Å². The summed E-state index contributed by atoms with van der Waals surface area (Å²) in [6, 6.07) is 6.02. The zero-order chi connectivity index (χ0) is 14.5. The number of hydrogen-bond donors (Lipinski definition) is 1. The average Bonchev–Trinajstić information content (AvgIpc) is 2.42. The average molecular weight is 274 g/mol. The molecule has 0 aromatic heterocycles. The Balaban J connectivity index is 1.95. The van der Waals surface area contributed by atoms with Crippen molar-refractivity contribution < 1.29 is 4.79 Å². The predicted octanol–water partition coefficient (Wildman–Crippen LogP) is 2.42. The molecule has 2 rings (SSSR count). The number of hydrogen-bond acceptors (Lipinski definition) is 3. The van der Waals surface area contributed by atoms with Gasteiger partial charge in [0.15, 0.2) is 5.78 Å². The first kappa shape index (κ1) is 15.2. The van der Waals surface area contributed by atoms with Gasteiger partial charge in [-0.3, -0.25) is 9.69 Å². The molecule has 1 unspecified atom stereocenters. The van der Waals surface area contributed by atoms with E-state index < -0.39 is 0 Å². The van der Waals surface area contributed by atoms with Gasteiger partial charge in [-0.05, 0) is 69.9 Å².